The van der Waals surface area contributed by atoms with E-state index in [0.717, 1.165) is 12.8 Å². The smallest absolute Gasteiger partial charge is 0.255 e. The molecule has 0 aliphatic heterocycles. The molecular weight excluding hydrogens is 342 g/mol. The number of amides is 2. The van der Waals surface area contributed by atoms with Crippen LogP contribution in [-0.2, 0) is 4.79 Å². The quantitative estimate of drug-likeness (QED) is 0.650. The van der Waals surface area contributed by atoms with E-state index in [2.05, 4.69) is 10.6 Å². The molecule has 1 aliphatic carbocycles. The largest absolute Gasteiger partial charge is 0.496 e. The van der Waals surface area contributed by atoms with Crippen molar-refractivity contribution in [2.24, 2.45) is 17.6 Å². The number of nitrogens with one attached hydrogen (secondary N) is 2. The lowest BCUT2D eigenvalue weighted by atomic mass is 10.0. The number of hydrogen-bond donors (Lipinski definition) is 3. The highest BCUT2D eigenvalue weighted by atomic mass is 35.5. The molecule has 2 amide bonds. The molecule has 0 bridgehead atoms. The first kappa shape index (κ1) is 21.3. The van der Waals surface area contributed by atoms with Crippen LogP contribution in [0.1, 0.15) is 37.0 Å². The van der Waals surface area contributed by atoms with E-state index in [9.17, 15) is 9.59 Å². The molecule has 2 rings (SSSR count). The molecular formula is C18H28ClN3O3. The van der Waals surface area contributed by atoms with Gasteiger partial charge in [0.25, 0.3) is 5.91 Å². The van der Waals surface area contributed by atoms with Crippen LogP contribution in [0.25, 0.3) is 0 Å². The van der Waals surface area contributed by atoms with E-state index in [1.165, 1.54) is 7.11 Å². The number of methoxy groups -OCH3 is 1. The Balaban J connectivity index is 0.00000312. The topological polar surface area (TPSA) is 93.4 Å². The molecule has 0 saturated heterocycles. The van der Waals surface area contributed by atoms with Gasteiger partial charge in [0.1, 0.15) is 11.8 Å². The predicted molar refractivity (Wildman–Crippen MR) is 100 cm³/mol. The van der Waals surface area contributed by atoms with Crippen molar-refractivity contribution in [1.29, 1.82) is 0 Å². The fourth-order valence-electron chi connectivity index (χ4n) is 2.73. The molecule has 140 valence electrons. The Morgan fingerprint density at radius 3 is 2.40 bits per heavy atom. The average Bonchev–Trinajstić information content (AvgIpc) is 3.41. The highest BCUT2D eigenvalue weighted by Gasteiger charge is 2.34. The zero-order chi connectivity index (χ0) is 17.7. The van der Waals surface area contributed by atoms with E-state index in [-0.39, 0.29) is 36.2 Å². The normalized spacial score (nSPS) is 15.7. The van der Waals surface area contributed by atoms with Gasteiger partial charge in [0.15, 0.2) is 0 Å². The summed E-state index contributed by atoms with van der Waals surface area (Å²) in [7, 11) is 1.51. The van der Waals surface area contributed by atoms with Crippen molar-refractivity contribution in [3.63, 3.8) is 0 Å². The number of hydrogen-bond acceptors (Lipinski definition) is 4. The first-order chi connectivity index (χ1) is 11.5. The highest BCUT2D eigenvalue weighted by molar-refractivity contribution is 5.99. The maximum Gasteiger partial charge on any atom is 0.255 e. The van der Waals surface area contributed by atoms with Crippen LogP contribution in [-0.4, -0.2) is 37.6 Å². The van der Waals surface area contributed by atoms with Crippen molar-refractivity contribution >= 4 is 24.2 Å². The zero-order valence-corrected chi connectivity index (χ0v) is 15.8. The Labute approximate surface area is 155 Å². The molecule has 2 atom stereocenters. The summed E-state index contributed by atoms with van der Waals surface area (Å²) in [4.78, 5) is 25.1. The monoisotopic (exact) mass is 369 g/mol. The second kappa shape index (κ2) is 9.63. The van der Waals surface area contributed by atoms with Gasteiger partial charge in [0.2, 0.25) is 5.91 Å². The van der Waals surface area contributed by atoms with E-state index >= 15 is 0 Å². The lowest BCUT2D eigenvalue weighted by Gasteiger charge is -2.25. The average molecular weight is 370 g/mol. The summed E-state index contributed by atoms with van der Waals surface area (Å²) < 4.78 is 5.21. The van der Waals surface area contributed by atoms with E-state index in [4.69, 9.17) is 10.5 Å². The molecule has 25 heavy (non-hydrogen) atoms. The Kier molecular flexibility index (Phi) is 8.19. The van der Waals surface area contributed by atoms with Gasteiger partial charge in [-0.15, -0.1) is 12.4 Å². The van der Waals surface area contributed by atoms with Crippen LogP contribution in [0.3, 0.4) is 0 Å². The molecule has 1 aliphatic rings. The summed E-state index contributed by atoms with van der Waals surface area (Å²) in [5.41, 5.74) is 6.16. The number of carbonyl (C=O) groups is 2. The second-order valence-electron chi connectivity index (χ2n) is 6.58. The van der Waals surface area contributed by atoms with Crippen molar-refractivity contribution < 1.29 is 14.3 Å². The predicted octanol–water partition coefficient (Wildman–Crippen LogP) is 1.72. The van der Waals surface area contributed by atoms with Crippen LogP contribution >= 0.6 is 12.4 Å². The van der Waals surface area contributed by atoms with Gasteiger partial charge < -0.3 is 21.1 Å². The Bertz CT molecular complexity index is 591. The van der Waals surface area contributed by atoms with Crippen molar-refractivity contribution in [1.82, 2.24) is 10.6 Å². The summed E-state index contributed by atoms with van der Waals surface area (Å²) in [6.45, 7) is 4.23. The Morgan fingerprint density at radius 2 is 1.88 bits per heavy atom. The summed E-state index contributed by atoms with van der Waals surface area (Å²) in [5, 5.41) is 5.81. The van der Waals surface area contributed by atoms with E-state index in [1.807, 2.05) is 13.8 Å². The third-order valence-electron chi connectivity index (χ3n) is 4.36. The first-order valence-electron chi connectivity index (χ1n) is 8.42. The molecule has 1 fully saturated rings. The maximum atomic E-state index is 12.6. The minimum Gasteiger partial charge on any atom is -0.496 e. The van der Waals surface area contributed by atoms with Crippen LogP contribution < -0.4 is 21.1 Å². The molecule has 4 N–H and O–H groups in total. The van der Waals surface area contributed by atoms with Crippen LogP contribution in [0.2, 0.25) is 0 Å². The van der Waals surface area contributed by atoms with Gasteiger partial charge in [-0.1, -0.05) is 26.0 Å². The van der Waals surface area contributed by atoms with Crippen LogP contribution in [0.4, 0.5) is 0 Å². The van der Waals surface area contributed by atoms with Gasteiger partial charge in [-0.2, -0.15) is 0 Å². The lowest BCUT2D eigenvalue weighted by molar-refractivity contribution is -0.124. The first-order valence-corrected chi connectivity index (χ1v) is 8.42. The van der Waals surface area contributed by atoms with Crippen LogP contribution in [0.15, 0.2) is 24.3 Å². The van der Waals surface area contributed by atoms with Crippen LogP contribution in [0.5, 0.6) is 5.75 Å². The van der Waals surface area contributed by atoms with Gasteiger partial charge in [0, 0.05) is 12.6 Å². The lowest BCUT2D eigenvalue weighted by Crippen LogP contribution is -2.54. The van der Waals surface area contributed by atoms with Crippen molar-refractivity contribution in [2.45, 2.75) is 38.8 Å². The molecule has 0 radical (unpaired) electrons. The number of halogens is 1. The van der Waals surface area contributed by atoms with E-state index in [1.54, 1.807) is 24.3 Å². The molecule has 1 aromatic carbocycles. The van der Waals surface area contributed by atoms with Gasteiger partial charge >= 0.3 is 0 Å². The minimum atomic E-state index is -0.616. The Hall–Kier alpha value is -1.79. The molecule has 1 saturated carbocycles. The molecule has 2 unspecified atom stereocenters. The minimum absolute atomic E-state index is 0. The summed E-state index contributed by atoms with van der Waals surface area (Å²) in [6, 6.07) is 6.33. The second-order valence-corrected chi connectivity index (χ2v) is 6.58. The summed E-state index contributed by atoms with van der Waals surface area (Å²) >= 11 is 0. The fraction of sp³-hybridized carbons (Fsp3) is 0.556. The summed E-state index contributed by atoms with van der Waals surface area (Å²) in [6.07, 6.45) is 2.20. The van der Waals surface area contributed by atoms with Gasteiger partial charge in [-0.25, -0.2) is 0 Å². The van der Waals surface area contributed by atoms with Gasteiger partial charge in [-0.05, 0) is 36.8 Å². The summed E-state index contributed by atoms with van der Waals surface area (Å²) in [5.74, 6) is 0.404. The zero-order valence-electron chi connectivity index (χ0n) is 15.0. The molecule has 0 heterocycles. The number of para-hydroxylation sites is 1. The standard InChI is InChI=1S/C18H27N3O3.ClH/c1-11(2)16(18(23)20-14(10-19)12-8-9-12)21-17(22)13-6-4-5-7-15(13)24-3;/h4-7,11-12,14,16H,8-10,19H2,1-3H3,(H,20,23)(H,21,22);1H. The molecule has 6 nitrogen and oxygen atoms in total. The highest BCUT2D eigenvalue weighted by Crippen LogP contribution is 2.32. The molecule has 1 aromatic rings. The molecule has 0 spiro atoms. The SMILES string of the molecule is COc1ccccc1C(=O)NC(C(=O)NC(CN)C1CC1)C(C)C.Cl. The number of nitrogens with two attached hydrogens (primary N) is 1. The van der Waals surface area contributed by atoms with Gasteiger partial charge in [0.05, 0.1) is 12.7 Å². The van der Waals surface area contributed by atoms with E-state index < -0.39 is 6.04 Å². The maximum absolute atomic E-state index is 12.6. The molecule has 7 heteroatoms. The number of benzene rings is 1. The van der Waals surface area contributed by atoms with Crippen LogP contribution in [0, 0.1) is 11.8 Å². The van der Waals surface area contributed by atoms with Crippen molar-refractivity contribution in [2.75, 3.05) is 13.7 Å². The fourth-order valence-corrected chi connectivity index (χ4v) is 2.73. The number of ether oxygens (including phenoxy) is 1. The Morgan fingerprint density at radius 1 is 1.24 bits per heavy atom. The number of rotatable bonds is 8. The molecule has 0 aromatic heterocycles. The van der Waals surface area contributed by atoms with Crippen molar-refractivity contribution in [3.05, 3.63) is 29.8 Å². The van der Waals surface area contributed by atoms with Crippen molar-refractivity contribution in [3.8, 4) is 5.75 Å². The third-order valence-corrected chi connectivity index (χ3v) is 4.36. The van der Waals surface area contributed by atoms with E-state index in [0.29, 0.717) is 23.8 Å². The van der Waals surface area contributed by atoms with Gasteiger partial charge in [-0.3, -0.25) is 9.59 Å². The number of carbonyl (C=O) groups excluding carboxylic acids is 2. The third kappa shape index (κ3) is 5.61.